The number of nitrogens with zero attached hydrogens (tertiary/aromatic N) is 4. The summed E-state index contributed by atoms with van der Waals surface area (Å²) in [5, 5.41) is 3.40. The fourth-order valence-electron chi connectivity index (χ4n) is 4.11. The minimum atomic E-state index is -0.465. The second kappa shape index (κ2) is 11.7. The number of hydrogen-bond donors (Lipinski definition) is 1. The zero-order valence-corrected chi connectivity index (χ0v) is 22.7. The maximum absolute atomic E-state index is 12.3. The van der Waals surface area contributed by atoms with Crippen molar-refractivity contribution in [3.8, 4) is 10.4 Å². The number of rotatable bonds is 8. The van der Waals surface area contributed by atoms with E-state index in [4.69, 9.17) is 4.74 Å². The quantitative estimate of drug-likeness (QED) is 0.363. The number of fused-ring (bicyclic) bond motifs is 1. The van der Waals surface area contributed by atoms with Crippen LogP contribution in [0.25, 0.3) is 20.7 Å². The van der Waals surface area contributed by atoms with Gasteiger partial charge in [0.1, 0.15) is 17.7 Å². The molecule has 7 nitrogen and oxygen atoms in total. The lowest BCUT2D eigenvalue weighted by Gasteiger charge is -2.35. The third-order valence-electron chi connectivity index (χ3n) is 6.03. The maximum atomic E-state index is 12.3. The van der Waals surface area contributed by atoms with Crippen LogP contribution >= 0.6 is 11.3 Å². The average molecular weight is 518 g/mol. The predicted octanol–water partition coefficient (Wildman–Crippen LogP) is 6.12. The molecule has 1 aliphatic heterocycles. The summed E-state index contributed by atoms with van der Waals surface area (Å²) in [4.78, 5) is 26.6. The Morgan fingerprint density at radius 1 is 1.14 bits per heavy atom. The van der Waals surface area contributed by atoms with Crippen LogP contribution in [-0.4, -0.2) is 64.2 Å². The molecular weight excluding hydrogens is 482 g/mol. The van der Waals surface area contributed by atoms with Gasteiger partial charge in [0.05, 0.1) is 10.2 Å². The van der Waals surface area contributed by atoms with Crippen molar-refractivity contribution in [3.05, 3.63) is 79.2 Å². The molecule has 1 amide bonds. The minimum Gasteiger partial charge on any atom is -0.444 e. The van der Waals surface area contributed by atoms with Gasteiger partial charge in [-0.1, -0.05) is 55.7 Å². The highest BCUT2D eigenvalue weighted by Crippen LogP contribution is 2.35. The zero-order valence-electron chi connectivity index (χ0n) is 21.9. The number of nitrogens with one attached hydrogen (secondary N) is 1. The Bertz CT molecular complexity index is 1280. The molecule has 0 aliphatic carbocycles. The molecule has 3 heterocycles. The maximum Gasteiger partial charge on any atom is 0.410 e. The summed E-state index contributed by atoms with van der Waals surface area (Å²) in [5.74, 6) is 0.820. The molecule has 0 spiro atoms. The van der Waals surface area contributed by atoms with E-state index >= 15 is 0 Å². The molecule has 0 radical (unpaired) electrons. The molecule has 3 aromatic rings. The van der Waals surface area contributed by atoms with Gasteiger partial charge in [0, 0.05) is 44.1 Å². The van der Waals surface area contributed by atoms with Gasteiger partial charge in [-0.2, -0.15) is 0 Å². The zero-order chi connectivity index (χ0) is 26.4. The summed E-state index contributed by atoms with van der Waals surface area (Å²) in [6, 6.07) is 10.8. The van der Waals surface area contributed by atoms with Crippen molar-refractivity contribution in [2.75, 3.05) is 38.0 Å². The fraction of sp³-hybridized carbons (Fsp3) is 0.345. The molecule has 2 aromatic heterocycles. The molecule has 1 aromatic carbocycles. The van der Waals surface area contributed by atoms with Gasteiger partial charge in [-0.25, -0.2) is 14.8 Å². The van der Waals surface area contributed by atoms with Crippen molar-refractivity contribution < 1.29 is 9.53 Å². The number of hydrogen-bond acceptors (Lipinski definition) is 7. The van der Waals surface area contributed by atoms with E-state index in [2.05, 4.69) is 63.7 Å². The highest BCUT2D eigenvalue weighted by Gasteiger charge is 2.25. The Balaban J connectivity index is 1.37. The van der Waals surface area contributed by atoms with Crippen molar-refractivity contribution in [2.45, 2.75) is 32.9 Å². The van der Waals surface area contributed by atoms with Crippen LogP contribution in [0.1, 0.15) is 26.3 Å². The van der Waals surface area contributed by atoms with Crippen LogP contribution in [0.3, 0.4) is 0 Å². The van der Waals surface area contributed by atoms with Gasteiger partial charge in [-0.15, -0.1) is 11.3 Å². The van der Waals surface area contributed by atoms with E-state index in [-0.39, 0.29) is 6.09 Å². The van der Waals surface area contributed by atoms with Crippen molar-refractivity contribution in [2.24, 2.45) is 0 Å². The lowest BCUT2D eigenvalue weighted by molar-refractivity contribution is 0.0139. The van der Waals surface area contributed by atoms with Crippen LogP contribution in [0.4, 0.5) is 10.6 Å². The van der Waals surface area contributed by atoms with E-state index in [9.17, 15) is 4.79 Å². The molecule has 8 heteroatoms. The number of carbonyl (C=O) groups excluding carboxylic acids is 1. The third-order valence-corrected chi connectivity index (χ3v) is 7.21. The Morgan fingerprint density at radius 2 is 1.86 bits per heavy atom. The highest BCUT2D eigenvalue weighted by atomic mass is 32.1. The van der Waals surface area contributed by atoms with Gasteiger partial charge >= 0.3 is 6.09 Å². The number of piperazine rings is 1. The third kappa shape index (κ3) is 7.05. The van der Waals surface area contributed by atoms with Gasteiger partial charge in [0.25, 0.3) is 0 Å². The lowest BCUT2D eigenvalue weighted by Crippen LogP contribution is -2.49. The number of aromatic nitrogens is 2. The monoisotopic (exact) mass is 517 g/mol. The van der Waals surface area contributed by atoms with E-state index in [0.29, 0.717) is 19.6 Å². The SMILES string of the molecule is C=C/C=C(\C=C)CNc1ncnc2cc(-c3ccc(CN4CCN(C(=O)OC(C)(C)C)CC4)cc3)sc12. The molecule has 1 N–H and O–H groups in total. The first kappa shape index (κ1) is 26.6. The van der Waals surface area contributed by atoms with E-state index < -0.39 is 5.60 Å². The first-order valence-electron chi connectivity index (χ1n) is 12.5. The summed E-state index contributed by atoms with van der Waals surface area (Å²) in [6.07, 6.45) is 6.87. The van der Waals surface area contributed by atoms with Gasteiger partial charge in [-0.05, 0) is 43.5 Å². The van der Waals surface area contributed by atoms with E-state index in [0.717, 1.165) is 51.7 Å². The summed E-state index contributed by atoms with van der Waals surface area (Å²) in [5.41, 5.74) is 3.92. The van der Waals surface area contributed by atoms with Crippen molar-refractivity contribution in [3.63, 3.8) is 0 Å². The minimum absolute atomic E-state index is 0.225. The van der Waals surface area contributed by atoms with E-state index in [1.165, 1.54) is 5.56 Å². The van der Waals surface area contributed by atoms with Crippen molar-refractivity contribution in [1.29, 1.82) is 0 Å². The van der Waals surface area contributed by atoms with Crippen LogP contribution in [0.5, 0.6) is 0 Å². The van der Waals surface area contributed by atoms with Gasteiger partial charge < -0.3 is 15.0 Å². The molecule has 0 unspecified atom stereocenters. The fourth-order valence-corrected chi connectivity index (χ4v) is 5.19. The summed E-state index contributed by atoms with van der Waals surface area (Å²) < 4.78 is 6.53. The van der Waals surface area contributed by atoms with Crippen LogP contribution < -0.4 is 5.32 Å². The topological polar surface area (TPSA) is 70.6 Å². The number of amides is 1. The van der Waals surface area contributed by atoms with E-state index in [1.807, 2.05) is 32.9 Å². The van der Waals surface area contributed by atoms with Crippen molar-refractivity contribution in [1.82, 2.24) is 19.8 Å². The Hall–Kier alpha value is -3.49. The summed E-state index contributed by atoms with van der Waals surface area (Å²) in [7, 11) is 0. The molecule has 1 saturated heterocycles. The number of allylic oxidation sites excluding steroid dienone is 2. The summed E-state index contributed by atoms with van der Waals surface area (Å²) >= 11 is 1.69. The van der Waals surface area contributed by atoms with Crippen LogP contribution in [0.15, 0.2) is 73.6 Å². The standard InChI is InChI=1S/C29H35N5O2S/c1-6-8-21(7-2)18-30-27-26-24(31-20-32-27)17-25(37-26)23-11-9-22(10-12-23)19-33-13-15-34(16-14-33)28(35)36-29(3,4)5/h6-12,17,20H,1-2,13-16,18-19H2,3-5H3,(H,30,31,32)/b21-8+. The van der Waals surface area contributed by atoms with Gasteiger partial charge in [0.2, 0.25) is 0 Å². The Labute approximate surface area is 223 Å². The molecule has 194 valence electrons. The van der Waals surface area contributed by atoms with Crippen molar-refractivity contribution >= 4 is 33.5 Å². The molecule has 1 fully saturated rings. The number of anilines is 1. The largest absolute Gasteiger partial charge is 0.444 e. The molecule has 0 atom stereocenters. The second-order valence-electron chi connectivity index (χ2n) is 10.0. The van der Waals surface area contributed by atoms with Gasteiger partial charge in [0.15, 0.2) is 0 Å². The average Bonchev–Trinajstić information content (AvgIpc) is 3.31. The first-order chi connectivity index (χ1) is 17.8. The number of thiophene rings is 1. The molecule has 1 aliphatic rings. The normalized spacial score (nSPS) is 15.0. The Kier molecular flexibility index (Phi) is 8.41. The molecule has 4 rings (SSSR count). The second-order valence-corrected chi connectivity index (χ2v) is 11.1. The molecule has 37 heavy (non-hydrogen) atoms. The molecule has 0 bridgehead atoms. The summed E-state index contributed by atoms with van der Waals surface area (Å²) in [6.45, 7) is 17.8. The highest BCUT2D eigenvalue weighted by molar-refractivity contribution is 7.22. The van der Waals surface area contributed by atoms with E-state index in [1.54, 1.807) is 28.6 Å². The van der Waals surface area contributed by atoms with Crippen LogP contribution in [0, 0.1) is 0 Å². The number of ether oxygens (including phenoxy) is 1. The molecular formula is C29H35N5O2S. The van der Waals surface area contributed by atoms with Gasteiger partial charge in [-0.3, -0.25) is 4.90 Å². The number of carbonyl (C=O) groups is 1. The smallest absolute Gasteiger partial charge is 0.410 e. The number of benzene rings is 1. The van der Waals surface area contributed by atoms with Crippen LogP contribution in [-0.2, 0) is 11.3 Å². The predicted molar refractivity (Wildman–Crippen MR) is 153 cm³/mol. The Morgan fingerprint density at radius 3 is 2.51 bits per heavy atom. The lowest BCUT2D eigenvalue weighted by atomic mass is 10.1. The molecule has 0 saturated carbocycles. The van der Waals surface area contributed by atoms with Crippen LogP contribution in [0.2, 0.25) is 0 Å². The first-order valence-corrected chi connectivity index (χ1v) is 13.3.